The van der Waals surface area contributed by atoms with Crippen molar-refractivity contribution in [1.82, 2.24) is 18.9 Å². The lowest BCUT2D eigenvalue weighted by atomic mass is 10.1. The molecule has 0 N–H and O–H groups in total. The van der Waals surface area contributed by atoms with Crippen LogP contribution in [0.1, 0.15) is 18.9 Å². The van der Waals surface area contributed by atoms with Gasteiger partial charge in [-0.2, -0.15) is 0 Å². The summed E-state index contributed by atoms with van der Waals surface area (Å²) in [6.45, 7) is 4.22. The molecule has 0 saturated carbocycles. The van der Waals surface area contributed by atoms with E-state index in [1.54, 1.807) is 23.2 Å². The van der Waals surface area contributed by atoms with Gasteiger partial charge < -0.3 is 9.80 Å². The van der Waals surface area contributed by atoms with Crippen molar-refractivity contribution in [2.45, 2.75) is 19.8 Å². The Labute approximate surface area is 146 Å². The van der Waals surface area contributed by atoms with Crippen LogP contribution in [0.15, 0.2) is 23.0 Å². The van der Waals surface area contributed by atoms with Crippen molar-refractivity contribution in [2.24, 2.45) is 14.1 Å². The van der Waals surface area contributed by atoms with E-state index in [1.165, 1.54) is 0 Å². The van der Waals surface area contributed by atoms with Gasteiger partial charge in [-0.25, -0.2) is 4.79 Å². The summed E-state index contributed by atoms with van der Waals surface area (Å²) in [4.78, 5) is 39.9. The molecule has 1 aliphatic rings. The minimum atomic E-state index is -0.0739. The Morgan fingerprint density at radius 2 is 1.48 bits per heavy atom. The lowest BCUT2D eigenvalue weighted by Gasteiger charge is -2.34. The molecule has 1 saturated heterocycles. The van der Waals surface area contributed by atoms with Crippen LogP contribution in [0.3, 0.4) is 0 Å². The maximum atomic E-state index is 12.6. The SMILES string of the molecule is CCC(=O)N1CCN(C(=O)Cc2ccc3c(c2)n(C)c(=O)n3C)CC1. The molecule has 25 heavy (non-hydrogen) atoms. The van der Waals surface area contributed by atoms with Crippen molar-refractivity contribution in [1.29, 1.82) is 0 Å². The third-order valence-corrected chi connectivity index (χ3v) is 4.98. The average Bonchev–Trinajstić information content (AvgIpc) is 2.85. The van der Waals surface area contributed by atoms with Crippen molar-refractivity contribution in [3.63, 3.8) is 0 Å². The minimum absolute atomic E-state index is 0.0591. The number of carbonyl (C=O) groups excluding carboxylic acids is 2. The topological polar surface area (TPSA) is 67.6 Å². The zero-order chi connectivity index (χ0) is 18.1. The van der Waals surface area contributed by atoms with Gasteiger partial charge in [-0.1, -0.05) is 13.0 Å². The van der Waals surface area contributed by atoms with Crippen LogP contribution in [0.4, 0.5) is 0 Å². The second kappa shape index (κ2) is 6.74. The van der Waals surface area contributed by atoms with Crippen LogP contribution in [-0.4, -0.2) is 56.9 Å². The minimum Gasteiger partial charge on any atom is -0.339 e. The predicted octanol–water partition coefficient (Wildman–Crippen LogP) is 0.500. The summed E-state index contributed by atoms with van der Waals surface area (Å²) in [6, 6.07) is 5.69. The molecule has 7 heteroatoms. The molecule has 0 atom stereocenters. The quantitative estimate of drug-likeness (QED) is 0.814. The highest BCUT2D eigenvalue weighted by Gasteiger charge is 2.23. The third kappa shape index (κ3) is 3.18. The normalized spacial score (nSPS) is 15.0. The van der Waals surface area contributed by atoms with E-state index >= 15 is 0 Å². The fraction of sp³-hybridized carbons (Fsp3) is 0.500. The molecule has 2 aromatic rings. The van der Waals surface area contributed by atoms with Crippen LogP contribution in [0, 0.1) is 0 Å². The number of imidazole rings is 1. The fourth-order valence-electron chi connectivity index (χ4n) is 3.38. The van der Waals surface area contributed by atoms with E-state index in [-0.39, 0.29) is 17.5 Å². The Morgan fingerprint density at radius 3 is 2.08 bits per heavy atom. The van der Waals surface area contributed by atoms with Gasteiger partial charge in [0.1, 0.15) is 0 Å². The molecule has 1 fully saturated rings. The van der Waals surface area contributed by atoms with E-state index in [0.29, 0.717) is 39.0 Å². The van der Waals surface area contributed by atoms with Gasteiger partial charge in [0.2, 0.25) is 11.8 Å². The van der Waals surface area contributed by atoms with E-state index in [9.17, 15) is 14.4 Å². The smallest absolute Gasteiger partial charge is 0.328 e. The lowest BCUT2D eigenvalue weighted by Crippen LogP contribution is -2.50. The lowest BCUT2D eigenvalue weighted by molar-refractivity contribution is -0.139. The summed E-state index contributed by atoms with van der Waals surface area (Å²) in [7, 11) is 3.48. The van der Waals surface area contributed by atoms with Crippen LogP contribution in [-0.2, 0) is 30.1 Å². The summed E-state index contributed by atoms with van der Waals surface area (Å²) in [6.07, 6.45) is 0.810. The van der Waals surface area contributed by atoms with Gasteiger partial charge >= 0.3 is 5.69 Å². The summed E-state index contributed by atoms with van der Waals surface area (Å²) in [5.74, 6) is 0.200. The number of amides is 2. The molecule has 1 aliphatic heterocycles. The summed E-state index contributed by atoms with van der Waals surface area (Å²) in [5.41, 5.74) is 2.51. The number of carbonyl (C=O) groups is 2. The highest BCUT2D eigenvalue weighted by Crippen LogP contribution is 2.15. The molecule has 1 aromatic carbocycles. The number of nitrogens with zero attached hydrogens (tertiary/aromatic N) is 4. The van der Waals surface area contributed by atoms with Crippen LogP contribution < -0.4 is 5.69 Å². The number of benzene rings is 1. The van der Waals surface area contributed by atoms with Gasteiger partial charge in [-0.05, 0) is 17.7 Å². The third-order valence-electron chi connectivity index (χ3n) is 4.98. The van der Waals surface area contributed by atoms with E-state index in [2.05, 4.69) is 0 Å². The molecule has 3 rings (SSSR count). The molecule has 0 unspecified atom stereocenters. The van der Waals surface area contributed by atoms with Gasteiger partial charge in [0.05, 0.1) is 17.5 Å². The molecule has 0 radical (unpaired) electrons. The Kier molecular flexibility index (Phi) is 4.65. The summed E-state index contributed by atoms with van der Waals surface area (Å²) in [5, 5.41) is 0. The first-order chi connectivity index (χ1) is 11.9. The standard InChI is InChI=1S/C18H24N4O3/c1-4-16(23)21-7-9-22(10-8-21)17(24)12-13-5-6-14-15(11-13)20(3)18(25)19(14)2/h5-6,11H,4,7-10,12H2,1-3H3. The first kappa shape index (κ1) is 17.3. The second-order valence-corrected chi connectivity index (χ2v) is 6.52. The molecule has 2 amide bonds. The number of fused-ring (bicyclic) bond motifs is 1. The zero-order valence-corrected chi connectivity index (χ0v) is 15.0. The highest BCUT2D eigenvalue weighted by molar-refractivity contribution is 5.82. The Balaban J connectivity index is 1.70. The molecule has 134 valence electrons. The van der Waals surface area contributed by atoms with Gasteiger partial charge in [-0.15, -0.1) is 0 Å². The van der Waals surface area contributed by atoms with Crippen molar-refractivity contribution >= 4 is 22.8 Å². The number of hydrogen-bond donors (Lipinski definition) is 0. The second-order valence-electron chi connectivity index (χ2n) is 6.52. The van der Waals surface area contributed by atoms with Crippen molar-refractivity contribution in [2.75, 3.05) is 26.2 Å². The van der Waals surface area contributed by atoms with Crippen LogP contribution in [0.5, 0.6) is 0 Å². The van der Waals surface area contributed by atoms with E-state index in [1.807, 2.05) is 34.9 Å². The number of aromatic nitrogens is 2. The number of rotatable bonds is 3. The number of hydrogen-bond acceptors (Lipinski definition) is 3. The Hall–Kier alpha value is -2.57. The molecule has 0 bridgehead atoms. The summed E-state index contributed by atoms with van der Waals surface area (Å²) >= 11 is 0. The van der Waals surface area contributed by atoms with Crippen LogP contribution >= 0.6 is 0 Å². The predicted molar refractivity (Wildman–Crippen MR) is 95.3 cm³/mol. The van der Waals surface area contributed by atoms with Crippen molar-refractivity contribution in [3.05, 3.63) is 34.2 Å². The van der Waals surface area contributed by atoms with Crippen molar-refractivity contribution < 1.29 is 9.59 Å². The van der Waals surface area contributed by atoms with Gasteiger partial charge in [-0.3, -0.25) is 18.7 Å². The monoisotopic (exact) mass is 344 g/mol. The number of piperazine rings is 1. The Morgan fingerprint density at radius 1 is 0.920 bits per heavy atom. The van der Waals surface area contributed by atoms with Crippen LogP contribution in [0.2, 0.25) is 0 Å². The molecule has 1 aromatic heterocycles. The molecular weight excluding hydrogens is 320 g/mol. The van der Waals surface area contributed by atoms with E-state index in [0.717, 1.165) is 16.6 Å². The average molecular weight is 344 g/mol. The molecular formula is C18H24N4O3. The number of aryl methyl sites for hydroxylation is 2. The molecule has 7 nitrogen and oxygen atoms in total. The maximum absolute atomic E-state index is 12.6. The van der Waals surface area contributed by atoms with Gasteiger partial charge in [0.25, 0.3) is 0 Å². The highest BCUT2D eigenvalue weighted by atomic mass is 16.2. The summed E-state index contributed by atoms with van der Waals surface area (Å²) < 4.78 is 3.20. The molecule has 0 aliphatic carbocycles. The van der Waals surface area contributed by atoms with Gasteiger partial charge in [0.15, 0.2) is 0 Å². The van der Waals surface area contributed by atoms with E-state index < -0.39 is 0 Å². The maximum Gasteiger partial charge on any atom is 0.328 e. The zero-order valence-electron chi connectivity index (χ0n) is 15.0. The van der Waals surface area contributed by atoms with Gasteiger partial charge in [0, 0.05) is 46.7 Å². The Bertz CT molecular complexity index is 872. The first-order valence-electron chi connectivity index (χ1n) is 8.62. The van der Waals surface area contributed by atoms with Crippen molar-refractivity contribution in [3.8, 4) is 0 Å². The first-order valence-corrected chi connectivity index (χ1v) is 8.62. The van der Waals surface area contributed by atoms with Crippen LogP contribution in [0.25, 0.3) is 11.0 Å². The molecule has 0 spiro atoms. The molecule has 2 heterocycles. The fourth-order valence-corrected chi connectivity index (χ4v) is 3.38. The largest absolute Gasteiger partial charge is 0.339 e. The van der Waals surface area contributed by atoms with E-state index in [4.69, 9.17) is 0 Å².